The fourth-order valence-electron chi connectivity index (χ4n) is 2.89. The van der Waals surface area contributed by atoms with Crippen LogP contribution < -0.4 is 10.6 Å². The maximum absolute atomic E-state index is 12.6. The van der Waals surface area contributed by atoms with Crippen LogP contribution >= 0.6 is 24.8 Å². The Kier molecular flexibility index (Phi) is 10.5. The van der Waals surface area contributed by atoms with Crippen LogP contribution in [0.25, 0.3) is 0 Å². The Morgan fingerprint density at radius 1 is 1.27 bits per heavy atom. The van der Waals surface area contributed by atoms with E-state index >= 15 is 0 Å². The molecule has 9 heteroatoms. The van der Waals surface area contributed by atoms with Gasteiger partial charge in [0.1, 0.15) is 0 Å². The fraction of sp³-hybridized carbons (Fsp3) is 0.588. The van der Waals surface area contributed by atoms with Crippen LogP contribution in [-0.2, 0) is 17.5 Å². The van der Waals surface area contributed by atoms with Crippen LogP contribution in [-0.4, -0.2) is 43.5 Å². The number of amides is 1. The van der Waals surface area contributed by atoms with Gasteiger partial charge in [0.05, 0.1) is 5.56 Å². The quantitative estimate of drug-likeness (QED) is 0.749. The lowest BCUT2D eigenvalue weighted by Crippen LogP contribution is -2.42. The van der Waals surface area contributed by atoms with Crippen LogP contribution in [0.3, 0.4) is 0 Å². The van der Waals surface area contributed by atoms with Crippen LogP contribution in [0.4, 0.5) is 13.2 Å². The van der Waals surface area contributed by atoms with Crippen LogP contribution in [0.2, 0.25) is 0 Å². The summed E-state index contributed by atoms with van der Waals surface area (Å²) in [6.07, 6.45) is -3.44. The first kappa shape index (κ1) is 25.0. The molecule has 4 nitrogen and oxygen atoms in total. The lowest BCUT2D eigenvalue weighted by atomic mass is 10.1. The second-order valence-electron chi connectivity index (χ2n) is 6.38. The van der Waals surface area contributed by atoms with E-state index in [1.807, 2.05) is 14.0 Å². The van der Waals surface area contributed by atoms with Crippen molar-refractivity contribution in [1.82, 2.24) is 15.5 Å². The highest BCUT2D eigenvalue weighted by Gasteiger charge is 2.30. The summed E-state index contributed by atoms with van der Waals surface area (Å²) in [5.41, 5.74) is 0.217. The molecule has 1 aliphatic rings. The number of benzene rings is 1. The monoisotopic (exact) mass is 415 g/mol. The molecule has 1 aromatic rings. The van der Waals surface area contributed by atoms with Gasteiger partial charge in [0.25, 0.3) is 0 Å². The first-order valence-corrected chi connectivity index (χ1v) is 8.13. The third kappa shape index (κ3) is 7.31. The Morgan fingerprint density at radius 3 is 2.42 bits per heavy atom. The number of nitrogens with one attached hydrogen (secondary N) is 2. The molecule has 2 unspecified atom stereocenters. The summed E-state index contributed by atoms with van der Waals surface area (Å²) >= 11 is 0. The third-order valence-corrected chi connectivity index (χ3v) is 4.26. The molecule has 2 atom stereocenters. The zero-order valence-corrected chi connectivity index (χ0v) is 16.4. The van der Waals surface area contributed by atoms with Crippen molar-refractivity contribution in [2.45, 2.75) is 32.1 Å². The topological polar surface area (TPSA) is 44.4 Å². The molecule has 0 bridgehead atoms. The number of alkyl halides is 3. The van der Waals surface area contributed by atoms with E-state index in [2.05, 4.69) is 15.5 Å². The second kappa shape index (κ2) is 11.0. The SMILES string of the molecule is CNCC(C)C(=O)NC1CCN(Cc2ccc(C(F)(F)F)cc2)C1.Cl.Cl. The standard InChI is InChI=1S/C17H24F3N3O.2ClH/c1-12(9-21-2)16(24)22-15-7-8-23(11-15)10-13-3-5-14(6-4-13)17(18,19)20;;/h3-6,12,15,21H,7-11H2,1-2H3,(H,22,24);2*1H. The smallest absolute Gasteiger partial charge is 0.352 e. The minimum atomic E-state index is -4.30. The number of hydrogen-bond acceptors (Lipinski definition) is 3. The molecule has 1 heterocycles. The number of nitrogens with zero attached hydrogens (tertiary/aromatic N) is 1. The molecule has 1 aliphatic heterocycles. The van der Waals surface area contributed by atoms with E-state index in [9.17, 15) is 18.0 Å². The molecular formula is C17H26Cl2F3N3O. The van der Waals surface area contributed by atoms with Gasteiger partial charge in [-0.05, 0) is 31.2 Å². The second-order valence-corrected chi connectivity index (χ2v) is 6.38. The van der Waals surface area contributed by atoms with Gasteiger partial charge in [0.2, 0.25) is 5.91 Å². The summed E-state index contributed by atoms with van der Waals surface area (Å²) in [5, 5.41) is 6.02. The van der Waals surface area contributed by atoms with Gasteiger partial charge in [-0.1, -0.05) is 19.1 Å². The third-order valence-electron chi connectivity index (χ3n) is 4.26. The predicted molar refractivity (Wildman–Crippen MR) is 101 cm³/mol. The van der Waals surface area contributed by atoms with E-state index < -0.39 is 11.7 Å². The van der Waals surface area contributed by atoms with E-state index in [4.69, 9.17) is 0 Å². The molecule has 0 spiro atoms. The highest BCUT2D eigenvalue weighted by Crippen LogP contribution is 2.29. The van der Waals surface area contributed by atoms with Crippen LogP contribution in [0.1, 0.15) is 24.5 Å². The Balaban J connectivity index is 0.00000312. The molecule has 0 saturated carbocycles. The highest BCUT2D eigenvalue weighted by atomic mass is 35.5. The lowest BCUT2D eigenvalue weighted by Gasteiger charge is -2.19. The van der Waals surface area contributed by atoms with Crippen molar-refractivity contribution in [3.8, 4) is 0 Å². The normalized spacial score (nSPS) is 18.6. The number of carbonyl (C=O) groups excluding carboxylic acids is 1. The van der Waals surface area contributed by atoms with E-state index in [-0.39, 0.29) is 42.7 Å². The van der Waals surface area contributed by atoms with Gasteiger partial charge in [-0.3, -0.25) is 9.69 Å². The Bertz CT molecular complexity index is 555. The van der Waals surface area contributed by atoms with E-state index in [1.165, 1.54) is 12.1 Å². The van der Waals surface area contributed by atoms with E-state index in [0.29, 0.717) is 13.1 Å². The van der Waals surface area contributed by atoms with Crippen LogP contribution in [0.15, 0.2) is 24.3 Å². The Hall–Kier alpha value is -1.02. The van der Waals surface area contributed by atoms with Crippen LogP contribution in [0, 0.1) is 5.92 Å². The van der Waals surface area contributed by atoms with Crippen molar-refractivity contribution in [2.75, 3.05) is 26.7 Å². The van der Waals surface area contributed by atoms with Crippen molar-refractivity contribution >= 4 is 30.7 Å². The molecule has 150 valence electrons. The molecule has 0 aliphatic carbocycles. The van der Waals surface area contributed by atoms with Gasteiger partial charge in [0, 0.05) is 38.1 Å². The highest BCUT2D eigenvalue weighted by molar-refractivity contribution is 5.85. The van der Waals surface area contributed by atoms with E-state index in [0.717, 1.165) is 37.2 Å². The molecule has 1 saturated heterocycles. The summed E-state index contributed by atoms with van der Waals surface area (Å²) in [5.74, 6) is -0.0512. The van der Waals surface area contributed by atoms with Gasteiger partial charge in [0.15, 0.2) is 0 Å². The summed E-state index contributed by atoms with van der Waals surface area (Å²) < 4.78 is 37.7. The first-order valence-electron chi connectivity index (χ1n) is 8.13. The molecule has 1 amide bonds. The summed E-state index contributed by atoms with van der Waals surface area (Å²) in [4.78, 5) is 14.2. The van der Waals surface area contributed by atoms with Gasteiger partial charge in [-0.25, -0.2) is 0 Å². The molecular weight excluding hydrogens is 390 g/mol. The van der Waals surface area contributed by atoms with Crippen molar-refractivity contribution in [1.29, 1.82) is 0 Å². The zero-order valence-electron chi connectivity index (χ0n) is 14.8. The van der Waals surface area contributed by atoms with Gasteiger partial charge < -0.3 is 10.6 Å². The molecule has 0 radical (unpaired) electrons. The van der Waals surface area contributed by atoms with Crippen molar-refractivity contribution in [2.24, 2.45) is 5.92 Å². The minimum Gasteiger partial charge on any atom is -0.352 e. The fourth-order valence-corrected chi connectivity index (χ4v) is 2.89. The number of rotatable bonds is 6. The zero-order chi connectivity index (χ0) is 17.7. The number of hydrogen-bond donors (Lipinski definition) is 2. The minimum absolute atomic E-state index is 0. The predicted octanol–water partition coefficient (Wildman–Crippen LogP) is 3.10. The average molecular weight is 416 g/mol. The molecule has 26 heavy (non-hydrogen) atoms. The first-order chi connectivity index (χ1) is 11.3. The van der Waals surface area contributed by atoms with Gasteiger partial charge >= 0.3 is 6.18 Å². The number of carbonyl (C=O) groups is 1. The number of likely N-dealkylation sites (tertiary alicyclic amines) is 1. The maximum Gasteiger partial charge on any atom is 0.416 e. The summed E-state index contributed by atoms with van der Waals surface area (Å²) in [6.45, 7) is 4.65. The number of halogens is 5. The molecule has 2 N–H and O–H groups in total. The molecule has 2 rings (SSSR count). The Labute approximate surface area is 164 Å². The molecule has 1 fully saturated rings. The van der Waals surface area contributed by atoms with Crippen LogP contribution in [0.5, 0.6) is 0 Å². The molecule has 1 aromatic carbocycles. The van der Waals surface area contributed by atoms with Gasteiger partial charge in [-0.2, -0.15) is 13.2 Å². The Morgan fingerprint density at radius 2 is 1.88 bits per heavy atom. The lowest BCUT2D eigenvalue weighted by molar-refractivity contribution is -0.137. The van der Waals surface area contributed by atoms with Crippen molar-refractivity contribution < 1.29 is 18.0 Å². The molecule has 0 aromatic heterocycles. The summed E-state index contributed by atoms with van der Waals surface area (Å²) in [6, 6.07) is 5.37. The van der Waals surface area contributed by atoms with Crippen molar-refractivity contribution in [3.05, 3.63) is 35.4 Å². The maximum atomic E-state index is 12.6. The average Bonchev–Trinajstić information content (AvgIpc) is 2.94. The van der Waals surface area contributed by atoms with Gasteiger partial charge in [-0.15, -0.1) is 24.8 Å². The van der Waals surface area contributed by atoms with E-state index in [1.54, 1.807) is 0 Å². The summed E-state index contributed by atoms with van der Waals surface area (Å²) in [7, 11) is 1.81. The van der Waals surface area contributed by atoms with Crippen molar-refractivity contribution in [3.63, 3.8) is 0 Å². The largest absolute Gasteiger partial charge is 0.416 e.